The molecule has 3 atom stereocenters. The molecule has 2 aliphatic rings. The Hall–Kier alpha value is -0.830. The molecule has 0 saturated heterocycles. The first kappa shape index (κ1) is 12.2. The fourth-order valence-corrected chi connectivity index (χ4v) is 4.06. The highest BCUT2D eigenvalue weighted by Crippen LogP contribution is 2.44. The summed E-state index contributed by atoms with van der Waals surface area (Å²) >= 11 is 0. The Balaban J connectivity index is 2.02. The third-order valence-corrected chi connectivity index (χ3v) is 4.90. The molecule has 1 aromatic rings. The molecule has 1 heterocycles. The van der Waals surface area contributed by atoms with Gasteiger partial charge < -0.3 is 5.11 Å². The van der Waals surface area contributed by atoms with Gasteiger partial charge in [0, 0.05) is 18.2 Å². The lowest BCUT2D eigenvalue weighted by Gasteiger charge is -2.33. The number of aryl methyl sites for hydroxylation is 2. The Morgan fingerprint density at radius 2 is 2.17 bits per heavy atom. The highest BCUT2D eigenvalue weighted by molar-refractivity contribution is 5.31. The Morgan fingerprint density at radius 3 is 2.94 bits per heavy atom. The van der Waals surface area contributed by atoms with Crippen LogP contribution in [0.3, 0.4) is 0 Å². The van der Waals surface area contributed by atoms with Crippen LogP contribution in [0.25, 0.3) is 0 Å². The van der Waals surface area contributed by atoms with Crippen molar-refractivity contribution in [1.82, 2.24) is 9.78 Å². The number of aromatic nitrogens is 2. The van der Waals surface area contributed by atoms with Crippen LogP contribution in [0.1, 0.15) is 61.9 Å². The molecule has 3 nitrogen and oxygen atoms in total. The Bertz CT molecular complexity index is 438. The molecule has 100 valence electrons. The van der Waals surface area contributed by atoms with Gasteiger partial charge in [0.25, 0.3) is 0 Å². The van der Waals surface area contributed by atoms with Gasteiger partial charge >= 0.3 is 0 Å². The molecule has 2 aliphatic carbocycles. The number of rotatable bonds is 1. The van der Waals surface area contributed by atoms with Crippen molar-refractivity contribution >= 4 is 0 Å². The summed E-state index contributed by atoms with van der Waals surface area (Å²) in [5.41, 5.74) is 4.25. The molecule has 1 saturated carbocycles. The molecule has 0 radical (unpaired) electrons. The molecule has 0 aromatic carbocycles. The standard InChI is InChI=1S/C15H24N2O/c1-3-17-15-13(10(2)16-17)6-4-5-11-9-12(18)7-8-14(11)15/h11-12,14,18H,3-9H2,1-2H3. The van der Waals surface area contributed by atoms with Gasteiger partial charge in [0.15, 0.2) is 0 Å². The van der Waals surface area contributed by atoms with Crippen molar-refractivity contribution in [3.8, 4) is 0 Å². The van der Waals surface area contributed by atoms with Crippen molar-refractivity contribution in [2.24, 2.45) is 5.92 Å². The van der Waals surface area contributed by atoms with Gasteiger partial charge in [-0.25, -0.2) is 0 Å². The fourth-order valence-electron chi connectivity index (χ4n) is 4.06. The van der Waals surface area contributed by atoms with Gasteiger partial charge in [-0.3, -0.25) is 4.68 Å². The first-order chi connectivity index (χ1) is 8.70. The maximum absolute atomic E-state index is 9.90. The first-order valence-electron chi connectivity index (χ1n) is 7.45. The van der Waals surface area contributed by atoms with Crippen LogP contribution in [0.5, 0.6) is 0 Å². The summed E-state index contributed by atoms with van der Waals surface area (Å²) < 4.78 is 2.23. The summed E-state index contributed by atoms with van der Waals surface area (Å²) in [6.07, 6.45) is 6.77. The molecule has 1 fully saturated rings. The fraction of sp³-hybridized carbons (Fsp3) is 0.800. The molecule has 3 unspecified atom stereocenters. The highest BCUT2D eigenvalue weighted by Gasteiger charge is 2.36. The summed E-state index contributed by atoms with van der Waals surface area (Å²) in [5.74, 6) is 1.32. The van der Waals surface area contributed by atoms with E-state index in [2.05, 4.69) is 18.5 Å². The number of aliphatic hydroxyl groups excluding tert-OH is 1. The van der Waals surface area contributed by atoms with E-state index in [1.807, 2.05) is 0 Å². The van der Waals surface area contributed by atoms with E-state index >= 15 is 0 Å². The van der Waals surface area contributed by atoms with Crippen molar-refractivity contribution in [2.75, 3.05) is 0 Å². The molecule has 0 spiro atoms. The Kier molecular flexibility index (Phi) is 3.18. The molecule has 0 bridgehead atoms. The molecular formula is C15H24N2O. The average molecular weight is 248 g/mol. The zero-order valence-electron chi connectivity index (χ0n) is 11.5. The highest BCUT2D eigenvalue weighted by atomic mass is 16.3. The molecule has 3 heteroatoms. The second-order valence-electron chi connectivity index (χ2n) is 5.99. The van der Waals surface area contributed by atoms with E-state index in [-0.39, 0.29) is 6.10 Å². The second-order valence-corrected chi connectivity index (χ2v) is 5.99. The third kappa shape index (κ3) is 1.89. The van der Waals surface area contributed by atoms with Crippen LogP contribution in [-0.4, -0.2) is 21.0 Å². The smallest absolute Gasteiger partial charge is 0.0628 e. The normalized spacial score (nSPS) is 31.6. The lowest BCUT2D eigenvalue weighted by atomic mass is 9.75. The zero-order valence-corrected chi connectivity index (χ0v) is 11.5. The summed E-state index contributed by atoms with van der Waals surface area (Å²) in [6, 6.07) is 0. The quantitative estimate of drug-likeness (QED) is 0.830. The van der Waals surface area contributed by atoms with E-state index < -0.39 is 0 Å². The minimum Gasteiger partial charge on any atom is -0.393 e. The van der Waals surface area contributed by atoms with E-state index in [9.17, 15) is 5.11 Å². The van der Waals surface area contributed by atoms with Gasteiger partial charge in [-0.05, 0) is 63.9 Å². The van der Waals surface area contributed by atoms with Crippen LogP contribution in [0.2, 0.25) is 0 Å². The van der Waals surface area contributed by atoms with Crippen molar-refractivity contribution < 1.29 is 5.11 Å². The summed E-state index contributed by atoms with van der Waals surface area (Å²) in [7, 11) is 0. The zero-order chi connectivity index (χ0) is 12.7. The van der Waals surface area contributed by atoms with Crippen molar-refractivity contribution in [3.05, 3.63) is 17.0 Å². The number of aliphatic hydroxyl groups is 1. The Morgan fingerprint density at radius 1 is 1.33 bits per heavy atom. The summed E-state index contributed by atoms with van der Waals surface area (Å²) in [4.78, 5) is 0. The molecule has 18 heavy (non-hydrogen) atoms. The molecule has 1 N–H and O–H groups in total. The van der Waals surface area contributed by atoms with Crippen LogP contribution in [0, 0.1) is 12.8 Å². The molecular weight excluding hydrogens is 224 g/mol. The third-order valence-electron chi connectivity index (χ3n) is 4.90. The van der Waals surface area contributed by atoms with E-state index in [0.717, 1.165) is 25.8 Å². The second kappa shape index (κ2) is 4.69. The minimum atomic E-state index is -0.0631. The summed E-state index contributed by atoms with van der Waals surface area (Å²) in [5, 5.41) is 14.6. The minimum absolute atomic E-state index is 0.0631. The molecule has 1 aromatic heterocycles. The van der Waals surface area contributed by atoms with Crippen molar-refractivity contribution in [2.45, 2.75) is 70.9 Å². The lowest BCUT2D eigenvalue weighted by Crippen LogP contribution is -2.27. The van der Waals surface area contributed by atoms with Crippen LogP contribution < -0.4 is 0 Å². The monoisotopic (exact) mass is 248 g/mol. The average Bonchev–Trinajstić information content (AvgIpc) is 2.56. The maximum atomic E-state index is 9.90. The maximum Gasteiger partial charge on any atom is 0.0628 e. The molecule has 0 amide bonds. The SMILES string of the molecule is CCn1nc(C)c2c1C1CCC(O)CC1CCC2. The predicted octanol–water partition coefficient (Wildman–Crippen LogP) is 2.79. The van der Waals surface area contributed by atoms with Gasteiger partial charge in [0.2, 0.25) is 0 Å². The van der Waals surface area contributed by atoms with Gasteiger partial charge in [0.1, 0.15) is 0 Å². The van der Waals surface area contributed by atoms with E-state index in [4.69, 9.17) is 5.10 Å². The van der Waals surface area contributed by atoms with Crippen LogP contribution in [0.4, 0.5) is 0 Å². The lowest BCUT2D eigenvalue weighted by molar-refractivity contribution is 0.0848. The van der Waals surface area contributed by atoms with E-state index in [0.29, 0.717) is 11.8 Å². The largest absolute Gasteiger partial charge is 0.393 e. The van der Waals surface area contributed by atoms with Gasteiger partial charge in [0.05, 0.1) is 11.8 Å². The van der Waals surface area contributed by atoms with Crippen molar-refractivity contribution in [3.63, 3.8) is 0 Å². The number of hydrogen-bond acceptors (Lipinski definition) is 2. The van der Waals surface area contributed by atoms with E-state index in [1.165, 1.54) is 36.2 Å². The Labute approximate surface area is 109 Å². The van der Waals surface area contributed by atoms with Crippen molar-refractivity contribution in [1.29, 1.82) is 0 Å². The van der Waals surface area contributed by atoms with Gasteiger partial charge in [-0.2, -0.15) is 5.10 Å². The van der Waals surface area contributed by atoms with Gasteiger partial charge in [-0.15, -0.1) is 0 Å². The first-order valence-corrected chi connectivity index (χ1v) is 7.45. The molecule has 0 aliphatic heterocycles. The topological polar surface area (TPSA) is 38.0 Å². The van der Waals surface area contributed by atoms with Crippen LogP contribution >= 0.6 is 0 Å². The number of fused-ring (bicyclic) bond motifs is 3. The predicted molar refractivity (Wildman–Crippen MR) is 71.7 cm³/mol. The van der Waals surface area contributed by atoms with Crippen LogP contribution in [-0.2, 0) is 13.0 Å². The number of hydrogen-bond donors (Lipinski definition) is 1. The molecule has 3 rings (SSSR count). The van der Waals surface area contributed by atoms with Gasteiger partial charge in [-0.1, -0.05) is 0 Å². The summed E-state index contributed by atoms with van der Waals surface area (Å²) in [6.45, 7) is 5.31. The van der Waals surface area contributed by atoms with Crippen LogP contribution in [0.15, 0.2) is 0 Å². The number of nitrogens with zero attached hydrogens (tertiary/aromatic N) is 2. The van der Waals surface area contributed by atoms with E-state index in [1.54, 1.807) is 0 Å².